The lowest BCUT2D eigenvalue weighted by Crippen LogP contribution is -1.92. The summed E-state index contributed by atoms with van der Waals surface area (Å²) in [7, 11) is 2.00. The molecule has 6 heteroatoms. The lowest BCUT2D eigenvalue weighted by atomic mass is 10.7. The molecule has 0 aromatic carbocycles. The van der Waals surface area contributed by atoms with Gasteiger partial charge in [-0.25, -0.2) is 0 Å². The minimum atomic E-state index is -0.903. The summed E-state index contributed by atoms with van der Waals surface area (Å²) in [5.41, 5.74) is 0. The molecule has 0 heterocycles. The van der Waals surface area contributed by atoms with E-state index in [1.54, 1.807) is 0 Å². The quantitative estimate of drug-likeness (QED) is 0.254. The summed E-state index contributed by atoms with van der Waals surface area (Å²) >= 11 is 0. The van der Waals surface area contributed by atoms with Gasteiger partial charge in [0.2, 0.25) is 0 Å². The molecule has 0 aliphatic rings. The fraction of sp³-hybridized carbons (Fsp3) is 0.333. The highest BCUT2D eigenvalue weighted by Crippen LogP contribution is 1.85. The van der Waals surface area contributed by atoms with Crippen molar-refractivity contribution >= 4 is 9.47 Å². The third-order valence-electron chi connectivity index (χ3n) is 0.436. The Morgan fingerprint density at radius 2 is 2.44 bits per heavy atom. The molecule has 5 nitrogen and oxygen atoms in total. The SMILES string of the molecule is O=[N+]([O-])O/C=C/COP. The van der Waals surface area contributed by atoms with Crippen LogP contribution >= 0.6 is 9.47 Å². The number of nitrogens with zero attached hydrogens (tertiary/aromatic N) is 1. The zero-order valence-corrected chi connectivity index (χ0v) is 5.67. The Labute approximate surface area is 54.0 Å². The molecule has 0 aliphatic heterocycles. The maximum absolute atomic E-state index is 9.45. The number of hydrogen-bond donors (Lipinski definition) is 0. The Kier molecular flexibility index (Phi) is 5.06. The van der Waals surface area contributed by atoms with Crippen molar-refractivity contribution in [1.29, 1.82) is 0 Å². The van der Waals surface area contributed by atoms with Crippen molar-refractivity contribution in [3.8, 4) is 0 Å². The van der Waals surface area contributed by atoms with Gasteiger partial charge in [-0.05, 0) is 6.08 Å². The van der Waals surface area contributed by atoms with Gasteiger partial charge in [0, 0.05) is 9.47 Å². The van der Waals surface area contributed by atoms with Crippen molar-refractivity contribution in [1.82, 2.24) is 0 Å². The largest absolute Gasteiger partial charge is 0.362 e. The highest BCUT2D eigenvalue weighted by atomic mass is 31.0. The molecule has 1 unspecified atom stereocenters. The van der Waals surface area contributed by atoms with E-state index in [1.807, 2.05) is 9.47 Å². The van der Waals surface area contributed by atoms with Crippen LogP contribution in [0.3, 0.4) is 0 Å². The predicted molar refractivity (Wildman–Crippen MR) is 32.9 cm³/mol. The van der Waals surface area contributed by atoms with Gasteiger partial charge in [-0.1, -0.05) is 0 Å². The van der Waals surface area contributed by atoms with Crippen LogP contribution in [0, 0.1) is 10.1 Å². The molecule has 0 rings (SSSR count). The average Bonchev–Trinajstić information content (AvgIpc) is 1.80. The highest BCUT2D eigenvalue weighted by molar-refractivity contribution is 7.09. The Morgan fingerprint density at radius 1 is 1.78 bits per heavy atom. The lowest BCUT2D eigenvalue weighted by molar-refractivity contribution is -0.737. The summed E-state index contributed by atoms with van der Waals surface area (Å²) in [6.45, 7) is 0.276. The van der Waals surface area contributed by atoms with Gasteiger partial charge in [0.25, 0.3) is 5.09 Å². The second-order valence-electron chi connectivity index (χ2n) is 1.03. The second kappa shape index (κ2) is 5.47. The summed E-state index contributed by atoms with van der Waals surface area (Å²) in [5, 5.41) is 8.55. The minimum absolute atomic E-state index is 0.276. The van der Waals surface area contributed by atoms with Gasteiger partial charge in [-0.2, -0.15) is 0 Å². The zero-order valence-electron chi connectivity index (χ0n) is 4.52. The molecule has 0 N–H and O–H groups in total. The van der Waals surface area contributed by atoms with Gasteiger partial charge in [0.05, 0.1) is 12.9 Å². The van der Waals surface area contributed by atoms with E-state index in [4.69, 9.17) is 0 Å². The molecule has 0 fully saturated rings. The minimum Gasteiger partial charge on any atom is -0.362 e. The first-order valence-corrected chi connectivity index (χ1v) is 2.52. The first-order chi connectivity index (χ1) is 4.27. The van der Waals surface area contributed by atoms with E-state index >= 15 is 0 Å². The smallest absolute Gasteiger partial charge is 0.299 e. The summed E-state index contributed by atoms with van der Waals surface area (Å²) in [6.07, 6.45) is 2.32. The van der Waals surface area contributed by atoms with Crippen molar-refractivity contribution < 1.29 is 14.4 Å². The van der Waals surface area contributed by atoms with Crippen LogP contribution in [0.2, 0.25) is 0 Å². The van der Waals surface area contributed by atoms with Crippen molar-refractivity contribution in [3.05, 3.63) is 22.5 Å². The van der Waals surface area contributed by atoms with Crippen molar-refractivity contribution in [2.75, 3.05) is 6.61 Å². The molecule has 52 valence electrons. The van der Waals surface area contributed by atoms with Crippen LogP contribution in [0.1, 0.15) is 0 Å². The Hall–Kier alpha value is -0.670. The first-order valence-electron chi connectivity index (χ1n) is 2.05. The Bertz CT molecular complexity index is 114. The van der Waals surface area contributed by atoms with Gasteiger partial charge in [-0.3, -0.25) is 4.84 Å². The van der Waals surface area contributed by atoms with E-state index in [-0.39, 0.29) is 6.61 Å². The molecule has 0 aromatic rings. The van der Waals surface area contributed by atoms with Crippen molar-refractivity contribution in [2.45, 2.75) is 0 Å². The summed E-state index contributed by atoms with van der Waals surface area (Å²) in [4.78, 5) is 13.2. The Balaban J connectivity index is 3.14. The molecule has 0 spiro atoms. The third-order valence-corrected chi connectivity index (χ3v) is 0.628. The monoisotopic (exact) mass is 151 g/mol. The molecular weight excluding hydrogens is 145 g/mol. The van der Waals surface area contributed by atoms with Gasteiger partial charge >= 0.3 is 0 Å². The summed E-state index contributed by atoms with van der Waals surface area (Å²) in [5.74, 6) is 0. The zero-order chi connectivity index (χ0) is 7.11. The topological polar surface area (TPSA) is 61.6 Å². The van der Waals surface area contributed by atoms with E-state index in [0.717, 1.165) is 6.26 Å². The fourth-order valence-electron chi connectivity index (χ4n) is 0.188. The normalized spacial score (nSPS) is 9.89. The molecule has 0 aromatic heterocycles. The summed E-state index contributed by atoms with van der Waals surface area (Å²) < 4.78 is 4.45. The van der Waals surface area contributed by atoms with Crippen LogP contribution < -0.4 is 0 Å². The Morgan fingerprint density at radius 3 is 2.89 bits per heavy atom. The second-order valence-corrected chi connectivity index (χ2v) is 1.37. The van der Waals surface area contributed by atoms with E-state index in [2.05, 4.69) is 9.36 Å². The standard InChI is InChI=1S/C3H6NO4P/c5-4(6)7-2-1-3-8-9/h1-2H,3,9H2/b2-1+. The van der Waals surface area contributed by atoms with Crippen LogP contribution in [0.5, 0.6) is 0 Å². The van der Waals surface area contributed by atoms with Gasteiger partial charge in [0.15, 0.2) is 0 Å². The van der Waals surface area contributed by atoms with E-state index < -0.39 is 5.09 Å². The highest BCUT2D eigenvalue weighted by Gasteiger charge is 1.84. The molecule has 1 atom stereocenters. The predicted octanol–water partition coefficient (Wildman–Crippen LogP) is 0.515. The maximum Gasteiger partial charge on any atom is 0.299 e. The van der Waals surface area contributed by atoms with E-state index in [1.165, 1.54) is 6.08 Å². The van der Waals surface area contributed by atoms with Gasteiger partial charge < -0.3 is 4.52 Å². The van der Waals surface area contributed by atoms with Crippen molar-refractivity contribution in [3.63, 3.8) is 0 Å². The first kappa shape index (κ1) is 8.33. The molecule has 0 radical (unpaired) electrons. The fourth-order valence-corrected chi connectivity index (χ4v) is 0.299. The van der Waals surface area contributed by atoms with Crippen LogP contribution in [0.15, 0.2) is 12.3 Å². The number of hydrogen-bond acceptors (Lipinski definition) is 4. The molecule has 0 aliphatic carbocycles. The molecule has 0 saturated carbocycles. The van der Waals surface area contributed by atoms with Crippen LogP contribution in [-0.4, -0.2) is 11.7 Å². The van der Waals surface area contributed by atoms with Gasteiger partial charge in [-0.15, -0.1) is 10.1 Å². The van der Waals surface area contributed by atoms with Crippen molar-refractivity contribution in [2.24, 2.45) is 0 Å². The molecule has 0 amide bonds. The third kappa shape index (κ3) is 7.33. The maximum atomic E-state index is 9.45. The van der Waals surface area contributed by atoms with E-state index in [0.29, 0.717) is 0 Å². The van der Waals surface area contributed by atoms with Crippen LogP contribution in [0.25, 0.3) is 0 Å². The number of rotatable bonds is 4. The molecule has 9 heavy (non-hydrogen) atoms. The molecule has 0 saturated heterocycles. The van der Waals surface area contributed by atoms with Crippen LogP contribution in [-0.2, 0) is 9.36 Å². The van der Waals surface area contributed by atoms with Crippen LogP contribution in [0.4, 0.5) is 0 Å². The molecule has 0 bridgehead atoms. The average molecular weight is 151 g/mol. The van der Waals surface area contributed by atoms with Gasteiger partial charge in [0.1, 0.15) is 0 Å². The van der Waals surface area contributed by atoms with E-state index in [9.17, 15) is 10.1 Å². The summed E-state index contributed by atoms with van der Waals surface area (Å²) in [6, 6.07) is 0. The molecular formula is C3H6NO4P. The lowest BCUT2D eigenvalue weighted by Gasteiger charge is -1.86.